The van der Waals surface area contributed by atoms with Gasteiger partial charge in [-0.15, -0.1) is 13.2 Å². The number of nitrogens with zero attached hydrogens (tertiary/aromatic N) is 2. The molecule has 0 saturated heterocycles. The van der Waals surface area contributed by atoms with Crippen LogP contribution in [0.2, 0.25) is 0 Å². The molecule has 0 heterocycles. The molecular formula is C24H58N2O2. The lowest BCUT2D eigenvalue weighted by atomic mass is 10.2. The lowest BCUT2D eigenvalue weighted by molar-refractivity contribution is -0.928. The lowest BCUT2D eigenvalue weighted by Crippen LogP contribution is -2.50. The van der Waals surface area contributed by atoms with Crippen LogP contribution in [0.5, 0.6) is 0 Å². The largest absolute Gasteiger partial charge is 0.855 e. The summed E-state index contributed by atoms with van der Waals surface area (Å²) < 4.78 is 2.65. The minimum atomic E-state index is 0. The molecule has 0 aromatic rings. The number of hydrogen-bond donors (Lipinski definition) is 0. The Kier molecular flexibility index (Phi) is 33.8. The molecule has 0 aliphatic carbocycles. The molecule has 0 aliphatic rings. The molecule has 4 nitrogen and oxygen atoms in total. The summed E-state index contributed by atoms with van der Waals surface area (Å²) in [5.41, 5.74) is 0. The first kappa shape index (κ1) is 35.3. The fourth-order valence-electron chi connectivity index (χ4n) is 3.91. The summed E-state index contributed by atoms with van der Waals surface area (Å²) in [6.45, 7) is 32.2. The van der Waals surface area contributed by atoms with Crippen molar-refractivity contribution in [1.82, 2.24) is 0 Å². The molecule has 0 fully saturated rings. The molecule has 0 spiro atoms. The van der Waals surface area contributed by atoms with Crippen LogP contribution < -0.4 is 10.2 Å². The third kappa shape index (κ3) is 20.6. The zero-order chi connectivity index (χ0) is 22.9. The second-order valence-corrected chi connectivity index (χ2v) is 7.42. The van der Waals surface area contributed by atoms with Gasteiger partial charge in [0.25, 0.3) is 0 Å². The monoisotopic (exact) mass is 406 g/mol. The smallest absolute Gasteiger partial charge is 0.0783 e. The van der Waals surface area contributed by atoms with Gasteiger partial charge < -0.3 is 19.2 Å². The van der Waals surface area contributed by atoms with Gasteiger partial charge in [0.05, 0.1) is 52.4 Å². The van der Waals surface area contributed by atoms with Crippen molar-refractivity contribution < 1.29 is 19.2 Å². The van der Waals surface area contributed by atoms with Crippen LogP contribution in [-0.4, -0.2) is 74.5 Å². The Morgan fingerprint density at radius 1 is 0.393 bits per heavy atom. The SMILES string of the molecule is CCC[N+](CCC)(CCC)CCC.CC[N+](CC)(CC)CC.CC[O-].CC[O-]. The summed E-state index contributed by atoms with van der Waals surface area (Å²) >= 11 is 0. The highest BCUT2D eigenvalue weighted by molar-refractivity contribution is 4.44. The average Bonchev–Trinajstić information content (AvgIpc) is 2.67. The van der Waals surface area contributed by atoms with Crippen LogP contribution in [0.4, 0.5) is 0 Å². The summed E-state index contributed by atoms with van der Waals surface area (Å²) in [5.74, 6) is 0. The van der Waals surface area contributed by atoms with Crippen LogP contribution in [-0.2, 0) is 0 Å². The Hall–Kier alpha value is -0.160. The van der Waals surface area contributed by atoms with Gasteiger partial charge in [0, 0.05) is 0 Å². The maximum atomic E-state index is 8.93. The molecule has 0 unspecified atom stereocenters. The topological polar surface area (TPSA) is 46.1 Å². The molecule has 28 heavy (non-hydrogen) atoms. The van der Waals surface area contributed by atoms with Crippen LogP contribution in [0.1, 0.15) is 94.9 Å². The molecule has 0 aliphatic heterocycles. The van der Waals surface area contributed by atoms with E-state index in [1.807, 2.05) is 0 Å². The average molecular weight is 407 g/mol. The van der Waals surface area contributed by atoms with Crippen molar-refractivity contribution in [2.24, 2.45) is 0 Å². The van der Waals surface area contributed by atoms with Crippen molar-refractivity contribution in [3.63, 3.8) is 0 Å². The summed E-state index contributed by atoms with van der Waals surface area (Å²) in [4.78, 5) is 0. The first-order valence-electron chi connectivity index (χ1n) is 12.2. The van der Waals surface area contributed by atoms with E-state index in [2.05, 4.69) is 55.4 Å². The van der Waals surface area contributed by atoms with Crippen molar-refractivity contribution in [3.05, 3.63) is 0 Å². The first-order chi connectivity index (χ1) is 13.3. The minimum absolute atomic E-state index is 0. The number of rotatable bonds is 12. The van der Waals surface area contributed by atoms with E-state index in [-0.39, 0.29) is 13.2 Å². The predicted molar refractivity (Wildman–Crippen MR) is 124 cm³/mol. The molecule has 0 N–H and O–H groups in total. The van der Waals surface area contributed by atoms with E-state index in [4.69, 9.17) is 10.2 Å². The molecule has 0 atom stereocenters. The Bertz CT molecular complexity index is 208. The van der Waals surface area contributed by atoms with Gasteiger partial charge in [-0.1, -0.05) is 41.5 Å². The molecule has 0 saturated carbocycles. The van der Waals surface area contributed by atoms with Gasteiger partial charge in [-0.3, -0.25) is 0 Å². The van der Waals surface area contributed by atoms with Gasteiger partial charge in [-0.25, -0.2) is 0 Å². The van der Waals surface area contributed by atoms with Gasteiger partial charge in [0.1, 0.15) is 0 Å². The second-order valence-electron chi connectivity index (χ2n) is 7.42. The molecule has 176 valence electrons. The fraction of sp³-hybridized carbons (Fsp3) is 1.00. The van der Waals surface area contributed by atoms with E-state index in [9.17, 15) is 0 Å². The van der Waals surface area contributed by atoms with Crippen molar-refractivity contribution in [2.45, 2.75) is 94.9 Å². The number of hydrogen-bond acceptors (Lipinski definition) is 2. The Morgan fingerprint density at radius 2 is 0.571 bits per heavy atom. The summed E-state index contributed by atoms with van der Waals surface area (Å²) in [6.07, 6.45) is 5.33. The van der Waals surface area contributed by atoms with E-state index in [0.717, 1.165) is 0 Å². The normalized spacial score (nSPS) is 10.7. The van der Waals surface area contributed by atoms with E-state index in [0.29, 0.717) is 0 Å². The molecule has 0 rings (SSSR count). The quantitative estimate of drug-likeness (QED) is 0.459. The van der Waals surface area contributed by atoms with Crippen LogP contribution in [0.15, 0.2) is 0 Å². The molecule has 0 amide bonds. The maximum absolute atomic E-state index is 8.93. The third-order valence-electron chi connectivity index (χ3n) is 5.48. The zero-order valence-corrected chi connectivity index (χ0v) is 21.6. The minimum Gasteiger partial charge on any atom is -0.855 e. The van der Waals surface area contributed by atoms with Crippen LogP contribution in [0.3, 0.4) is 0 Å². The predicted octanol–water partition coefficient (Wildman–Crippen LogP) is 4.06. The zero-order valence-electron chi connectivity index (χ0n) is 21.6. The van der Waals surface area contributed by atoms with Crippen LogP contribution >= 0.6 is 0 Å². The van der Waals surface area contributed by atoms with E-state index < -0.39 is 0 Å². The second kappa shape index (κ2) is 26.8. The lowest BCUT2D eigenvalue weighted by Gasteiger charge is -2.38. The Labute approximate surface area is 180 Å². The third-order valence-corrected chi connectivity index (χ3v) is 5.48. The highest BCUT2D eigenvalue weighted by Gasteiger charge is 2.22. The van der Waals surface area contributed by atoms with Crippen LogP contribution in [0.25, 0.3) is 0 Å². The van der Waals surface area contributed by atoms with E-state index >= 15 is 0 Å². The van der Waals surface area contributed by atoms with Crippen molar-refractivity contribution >= 4 is 0 Å². The Balaban J connectivity index is -0.000000166. The molecule has 0 bridgehead atoms. The van der Waals surface area contributed by atoms with Crippen molar-refractivity contribution in [2.75, 3.05) is 65.6 Å². The molecule has 0 radical (unpaired) electrons. The van der Waals surface area contributed by atoms with E-state index in [1.165, 1.54) is 87.0 Å². The van der Waals surface area contributed by atoms with Gasteiger partial charge in [-0.2, -0.15) is 0 Å². The van der Waals surface area contributed by atoms with Gasteiger partial charge in [0.2, 0.25) is 0 Å². The van der Waals surface area contributed by atoms with Gasteiger partial charge in [-0.05, 0) is 53.4 Å². The molecule has 0 aromatic carbocycles. The molecule has 4 heteroatoms. The summed E-state index contributed by atoms with van der Waals surface area (Å²) in [7, 11) is 0. The van der Waals surface area contributed by atoms with Crippen molar-refractivity contribution in [1.29, 1.82) is 0 Å². The molecule has 0 aromatic heterocycles. The fourth-order valence-corrected chi connectivity index (χ4v) is 3.91. The van der Waals surface area contributed by atoms with Gasteiger partial charge >= 0.3 is 0 Å². The van der Waals surface area contributed by atoms with Gasteiger partial charge in [0.15, 0.2) is 0 Å². The standard InChI is InChI=1S/C12H28N.C8H20N.2C2H5O/c1-5-9-13(10-6-2,11-7-3)12-8-4;1-5-9(6-2,7-3)8-4;2*1-2-3/h5-12H2,1-4H3;5-8H2,1-4H3;2*2H2,1H3/q2*+1;2*-1. The number of quaternary nitrogens is 2. The molecular weight excluding hydrogens is 348 g/mol. The highest BCUT2D eigenvalue weighted by Crippen LogP contribution is 2.12. The maximum Gasteiger partial charge on any atom is 0.0783 e. The summed E-state index contributed by atoms with van der Waals surface area (Å²) in [6, 6.07) is 0. The highest BCUT2D eigenvalue weighted by atomic mass is 16.3. The van der Waals surface area contributed by atoms with E-state index in [1.54, 1.807) is 13.8 Å². The summed E-state index contributed by atoms with van der Waals surface area (Å²) in [5, 5.41) is 17.9. The Morgan fingerprint density at radius 3 is 0.643 bits per heavy atom. The van der Waals surface area contributed by atoms with Crippen molar-refractivity contribution in [3.8, 4) is 0 Å². The first-order valence-corrected chi connectivity index (χ1v) is 12.2. The van der Waals surface area contributed by atoms with Crippen LogP contribution in [0, 0.1) is 0 Å².